The summed E-state index contributed by atoms with van der Waals surface area (Å²) >= 11 is 0. The van der Waals surface area contributed by atoms with Gasteiger partial charge in [-0.2, -0.15) is 28.0 Å². The number of hydrogen-bond donors (Lipinski definition) is 4. The Morgan fingerprint density at radius 1 is 0.617 bits per heavy atom. The van der Waals surface area contributed by atoms with Gasteiger partial charge >= 0.3 is 0 Å². The van der Waals surface area contributed by atoms with Crippen LogP contribution < -0.4 is 59.5 Å². The highest BCUT2D eigenvalue weighted by Gasteiger charge is 2.51. The summed E-state index contributed by atoms with van der Waals surface area (Å²) in [4.78, 5) is 13.7. The minimum atomic E-state index is -4.69. The van der Waals surface area contributed by atoms with Gasteiger partial charge in [-0.15, -0.1) is 0 Å². The topological polar surface area (TPSA) is 238 Å². The van der Waals surface area contributed by atoms with Gasteiger partial charge in [-0.3, -0.25) is 15.8 Å². The molecule has 1 amide bonds. The third-order valence-corrected chi connectivity index (χ3v) is 10.4. The summed E-state index contributed by atoms with van der Waals surface area (Å²) < 4.78 is 67.3. The summed E-state index contributed by atoms with van der Waals surface area (Å²) in [5, 5.41) is 6.72. The predicted molar refractivity (Wildman–Crippen MR) is 159 cm³/mol. The first-order chi connectivity index (χ1) is 22.2. The number of rotatable bonds is 7. The maximum absolute atomic E-state index is 13.7. The first-order valence-corrected chi connectivity index (χ1v) is 17.7. The number of carbonyl (C=O) groups excluding carboxylic acids is 1. The molecular weight excluding hydrogens is 672 g/mol. The Hall–Kier alpha value is -4.27. The van der Waals surface area contributed by atoms with Crippen molar-refractivity contribution < 1.29 is 67.1 Å². The first-order valence-electron chi connectivity index (χ1n) is 13.4. The van der Waals surface area contributed by atoms with Gasteiger partial charge < -0.3 is 0 Å². The van der Waals surface area contributed by atoms with Crippen molar-refractivity contribution in [3.8, 4) is 0 Å². The zero-order chi connectivity index (χ0) is 34.5. The third-order valence-electron chi connectivity index (χ3n) is 6.25. The Morgan fingerprint density at radius 3 is 1.32 bits per heavy atom. The van der Waals surface area contributed by atoms with E-state index >= 15 is 0 Å². The van der Waals surface area contributed by atoms with Crippen LogP contribution in [0.1, 0.15) is 10.4 Å². The quantitative estimate of drug-likeness (QED) is 0.0964. The Morgan fingerprint density at radius 2 is 0.957 bits per heavy atom. The van der Waals surface area contributed by atoms with E-state index in [1.807, 2.05) is 83.7 Å². The molecule has 0 unspecified atom stereocenters. The van der Waals surface area contributed by atoms with E-state index in [0.29, 0.717) is 11.4 Å². The zero-order valence-electron chi connectivity index (χ0n) is 24.4. The predicted octanol–water partition coefficient (Wildman–Crippen LogP) is -3.51. The smallest absolute Gasteiger partial charge is 0.277 e. The lowest BCUT2D eigenvalue weighted by molar-refractivity contribution is -1.92. The fraction of sp³-hybridized carbons (Fsp3) is 0. The molecule has 12 nitrogen and oxygen atoms in total. The van der Waals surface area contributed by atoms with Gasteiger partial charge in [0.1, 0.15) is 15.9 Å². The lowest BCUT2D eigenvalue weighted by Crippen LogP contribution is -2.58. The Kier molecular flexibility index (Phi) is 13.5. The number of nitrogens with one attached hydrogen (secondary N) is 1. The van der Waals surface area contributed by atoms with Crippen molar-refractivity contribution in [1.82, 2.24) is 5.32 Å². The maximum Gasteiger partial charge on any atom is 0.277 e. The van der Waals surface area contributed by atoms with Crippen LogP contribution in [-0.2, 0) is 0 Å². The monoisotopic (exact) mass is 701 g/mol. The molecule has 0 radical (unpaired) electrons. The van der Waals surface area contributed by atoms with Gasteiger partial charge in [0.15, 0.2) is 13.5 Å². The molecule has 0 saturated carbocycles. The fourth-order valence-electron chi connectivity index (χ4n) is 4.52. The van der Waals surface area contributed by atoms with Gasteiger partial charge in [0.05, 0.1) is 36.0 Å². The third kappa shape index (κ3) is 11.8. The van der Waals surface area contributed by atoms with Crippen molar-refractivity contribution in [2.75, 3.05) is 5.73 Å². The molecule has 0 bridgehead atoms. The molecule has 5 rings (SSSR count). The molecule has 47 heavy (non-hydrogen) atoms. The van der Waals surface area contributed by atoms with Crippen molar-refractivity contribution >= 4 is 41.1 Å². The van der Waals surface area contributed by atoms with Crippen LogP contribution >= 0.6 is 7.26 Å². The van der Waals surface area contributed by atoms with Crippen molar-refractivity contribution in [3.63, 3.8) is 0 Å². The largest absolute Gasteiger partial charge is 0.289 e. The minimum Gasteiger partial charge on any atom is -0.289 e. The molecule has 5 N–H and O–H groups in total. The number of benzene rings is 4. The number of halogens is 2. The maximum atomic E-state index is 13.7. The first kappa shape index (κ1) is 37.2. The lowest BCUT2D eigenvalue weighted by Gasteiger charge is -2.29. The van der Waals surface area contributed by atoms with Crippen LogP contribution in [0.2, 0.25) is 0 Å². The number of nitrogens with two attached hydrogens (primary N) is 1. The van der Waals surface area contributed by atoms with Crippen LogP contribution in [0.25, 0.3) is 6.20 Å². The van der Waals surface area contributed by atoms with Gasteiger partial charge in [-0.1, -0.05) is 78.9 Å². The highest BCUT2D eigenvalue weighted by Crippen LogP contribution is 2.61. The van der Waals surface area contributed by atoms with E-state index in [-0.39, 0.29) is 5.91 Å². The second kappa shape index (κ2) is 17.0. The average Bonchev–Trinajstić information content (AvgIpc) is 3.03. The van der Waals surface area contributed by atoms with Crippen molar-refractivity contribution in [2.24, 2.45) is 0 Å². The number of aromatic nitrogens is 1. The highest BCUT2D eigenvalue weighted by molar-refractivity contribution is 7.99. The van der Waals surface area contributed by atoms with Crippen LogP contribution in [0, 0.1) is 20.5 Å². The molecule has 0 saturated heterocycles. The van der Waals surface area contributed by atoms with Gasteiger partial charge in [0, 0.05) is 11.6 Å². The van der Waals surface area contributed by atoms with E-state index in [0.717, 1.165) is 21.4 Å². The van der Waals surface area contributed by atoms with Crippen molar-refractivity contribution in [1.29, 1.82) is 0 Å². The van der Waals surface area contributed by atoms with Gasteiger partial charge in [0.2, 0.25) is 5.44 Å². The number of nitrogens with zero attached hydrogens (tertiary/aromatic N) is 1. The molecule has 5 aromatic rings. The molecule has 1 aromatic heterocycles. The highest BCUT2D eigenvalue weighted by atomic mass is 35.7. The molecule has 0 aliphatic carbocycles. The normalized spacial score (nSPS) is 11.7. The average molecular weight is 702 g/mol. The number of anilines is 1. The molecule has 15 heteroatoms. The number of nitrogen functional groups attached to an aromatic ring is 1. The molecule has 0 aliphatic rings. The molecule has 0 fully saturated rings. The SMILES string of the molecule is Nc1cccc[n+]1/C=C(\NC(=O)c1ccccc1)[P+](c1ccccc1)(c1ccccc1)c1ccccc1.[O-][Cl+3]([O-])([O-])O.[O-][Cl+3]([O-])([O-])O. The molecular formula is C32H30Cl2N3O9P+2. The van der Waals surface area contributed by atoms with Crippen LogP contribution in [0.15, 0.2) is 151 Å². The molecule has 1 heterocycles. The summed E-state index contributed by atoms with van der Waals surface area (Å²) in [6, 6.07) is 46.2. The Balaban J connectivity index is 0.000000526. The second-order valence-corrected chi connectivity index (χ2v) is 14.3. The van der Waals surface area contributed by atoms with Gasteiger partial charge in [0.25, 0.3) is 11.7 Å². The number of amides is 1. The molecule has 4 aromatic carbocycles. The van der Waals surface area contributed by atoms with Crippen LogP contribution in [-0.4, -0.2) is 15.2 Å². The molecule has 0 aliphatic heterocycles. The van der Waals surface area contributed by atoms with Crippen LogP contribution in [0.5, 0.6) is 0 Å². The van der Waals surface area contributed by atoms with E-state index in [2.05, 4.69) is 78.1 Å². The lowest BCUT2D eigenvalue weighted by atomic mass is 10.2. The van der Waals surface area contributed by atoms with E-state index in [4.69, 9.17) is 43.0 Å². The fourth-order valence-corrected chi connectivity index (χ4v) is 8.67. The number of pyridine rings is 1. The minimum absolute atomic E-state index is 0.172. The van der Waals surface area contributed by atoms with Crippen molar-refractivity contribution in [3.05, 3.63) is 157 Å². The van der Waals surface area contributed by atoms with Gasteiger partial charge in [-0.25, -0.2) is 4.57 Å². The van der Waals surface area contributed by atoms with E-state index in [1.165, 1.54) is 0 Å². The zero-order valence-corrected chi connectivity index (χ0v) is 26.8. The van der Waals surface area contributed by atoms with E-state index < -0.39 is 27.7 Å². The summed E-state index contributed by atoms with van der Waals surface area (Å²) in [7, 11) is -12.0. The molecule has 0 atom stereocenters. The van der Waals surface area contributed by atoms with Crippen LogP contribution in [0.4, 0.5) is 5.82 Å². The summed E-state index contributed by atoms with van der Waals surface area (Å²) in [5.74, 6) is 0.398. The van der Waals surface area contributed by atoms with Crippen molar-refractivity contribution in [2.45, 2.75) is 0 Å². The molecule has 244 valence electrons. The van der Waals surface area contributed by atoms with E-state index in [1.54, 1.807) is 0 Å². The van der Waals surface area contributed by atoms with Crippen LogP contribution in [0.3, 0.4) is 0 Å². The van der Waals surface area contributed by atoms with Gasteiger partial charge in [-0.05, 0) is 54.6 Å². The Bertz CT molecular complexity index is 1610. The van der Waals surface area contributed by atoms with E-state index in [9.17, 15) is 4.79 Å². The molecule has 0 spiro atoms. The number of carbonyl (C=O) groups is 1. The second-order valence-electron chi connectivity index (χ2n) is 9.34. The summed E-state index contributed by atoms with van der Waals surface area (Å²) in [6.45, 7) is 0. The summed E-state index contributed by atoms with van der Waals surface area (Å²) in [5.41, 5.74) is 7.76. The number of hydrogen-bond acceptors (Lipinski definition) is 10. The standard InChI is InChI=1S/C32H26N3OP.2ClHO4/c33-30-23-13-14-24-35(30)25-31(34-32(36)26-15-5-1-6-16-26)37(27-17-7-2-8-18-27,28-19-9-3-10-20-28)29-21-11-4-12-22-29;2*2-1(3,4)5/h1-25,33H;2*(H,2,3,4,5)/p+2/b31-25+;;. The Labute approximate surface area is 275 Å². The summed E-state index contributed by atoms with van der Waals surface area (Å²) in [6.07, 6.45) is 3.87.